The first-order chi connectivity index (χ1) is 17.4. The number of hydrogen-bond donors (Lipinski definition) is 0. The van der Waals surface area contributed by atoms with E-state index >= 15 is 0 Å². The molecule has 3 aromatic carbocycles. The first kappa shape index (κ1) is 27.8. The van der Waals surface area contributed by atoms with Crippen LogP contribution in [0.5, 0.6) is 17.2 Å². The van der Waals surface area contributed by atoms with Gasteiger partial charge in [-0.05, 0) is 58.4 Å². The number of hydrogen-bond acceptors (Lipinski definition) is 6. The van der Waals surface area contributed by atoms with E-state index in [0.717, 1.165) is 5.56 Å². The van der Waals surface area contributed by atoms with Crippen LogP contribution in [0.4, 0.5) is 0 Å². The topological polar surface area (TPSA) is 71.1 Å². The first-order valence-electron chi connectivity index (χ1n) is 12.4. The van der Waals surface area contributed by atoms with Gasteiger partial charge in [-0.1, -0.05) is 77.9 Å². The van der Waals surface area contributed by atoms with E-state index < -0.39 is 11.9 Å². The lowest BCUT2D eigenvalue weighted by molar-refractivity contribution is -0.136. The quantitative estimate of drug-likeness (QED) is 0.188. The lowest BCUT2D eigenvalue weighted by Gasteiger charge is -2.27. The highest BCUT2D eigenvalue weighted by Gasteiger charge is 2.23. The van der Waals surface area contributed by atoms with Crippen LogP contribution in [-0.4, -0.2) is 31.8 Å². The summed E-state index contributed by atoms with van der Waals surface area (Å²) in [6.07, 6.45) is 0. The van der Waals surface area contributed by atoms with Crippen LogP contribution >= 0.6 is 0 Å². The summed E-state index contributed by atoms with van der Waals surface area (Å²) >= 11 is 0. The highest BCUT2D eigenvalue weighted by atomic mass is 16.6. The van der Waals surface area contributed by atoms with Crippen LogP contribution < -0.4 is 14.2 Å². The Morgan fingerprint density at radius 1 is 0.703 bits per heavy atom. The summed E-state index contributed by atoms with van der Waals surface area (Å²) in [5, 5.41) is 0. The summed E-state index contributed by atoms with van der Waals surface area (Å²) in [7, 11) is 0. The monoisotopic (exact) mass is 504 g/mol. The Balaban J connectivity index is 1.55. The Labute approximate surface area is 219 Å². The Hall–Kier alpha value is -3.80. The smallest absolute Gasteiger partial charge is 0.349 e. The van der Waals surface area contributed by atoms with Gasteiger partial charge in [-0.3, -0.25) is 0 Å². The maximum absolute atomic E-state index is 12.5. The van der Waals surface area contributed by atoms with Gasteiger partial charge >= 0.3 is 11.9 Å². The molecule has 0 unspecified atom stereocenters. The van der Waals surface area contributed by atoms with Crippen molar-refractivity contribution in [3.8, 4) is 17.2 Å². The molecule has 0 bridgehead atoms. The number of carbonyl (C=O) groups excluding carboxylic acids is 2. The highest BCUT2D eigenvalue weighted by Crippen LogP contribution is 2.35. The Morgan fingerprint density at radius 2 is 1.41 bits per heavy atom. The van der Waals surface area contributed by atoms with Crippen LogP contribution in [0.25, 0.3) is 0 Å². The second kappa shape index (κ2) is 12.0. The summed E-state index contributed by atoms with van der Waals surface area (Å²) in [4.78, 5) is 24.9. The third-order valence-corrected chi connectivity index (χ3v) is 5.63. The summed E-state index contributed by atoms with van der Waals surface area (Å²) in [5.74, 6) is 0.491. The van der Waals surface area contributed by atoms with E-state index in [0.29, 0.717) is 11.5 Å². The van der Waals surface area contributed by atoms with Crippen LogP contribution in [0.15, 0.2) is 72.8 Å². The molecule has 0 saturated heterocycles. The molecule has 0 aliphatic heterocycles. The molecule has 0 saturated carbocycles. The molecule has 3 aromatic rings. The maximum atomic E-state index is 12.5. The minimum atomic E-state index is -0.568. The molecule has 0 radical (unpaired) electrons. The van der Waals surface area contributed by atoms with E-state index in [4.69, 9.17) is 18.9 Å². The normalized spacial score (nSPS) is 11.5. The molecule has 0 heterocycles. The highest BCUT2D eigenvalue weighted by molar-refractivity contribution is 5.90. The molecule has 196 valence electrons. The standard InChI is InChI=1S/C31H36O6/c1-30(2,3)23-15-16-27(26(20-23)31(4,5)6)36-21-28(32)37-25-14-10-11-22(19-25)29(33)35-18-17-34-24-12-8-7-9-13-24/h7-16,19-20H,17-18,21H2,1-6H3. The van der Waals surface area contributed by atoms with Gasteiger partial charge in [-0.25, -0.2) is 9.59 Å². The second-order valence-electron chi connectivity index (χ2n) is 10.8. The zero-order chi connectivity index (χ0) is 27.1. The average Bonchev–Trinajstić information content (AvgIpc) is 2.85. The number of benzene rings is 3. The first-order valence-corrected chi connectivity index (χ1v) is 12.4. The fourth-order valence-corrected chi connectivity index (χ4v) is 3.59. The lowest BCUT2D eigenvalue weighted by Crippen LogP contribution is -2.21. The van der Waals surface area contributed by atoms with Crippen LogP contribution in [-0.2, 0) is 20.4 Å². The van der Waals surface area contributed by atoms with Crippen molar-refractivity contribution in [3.63, 3.8) is 0 Å². The van der Waals surface area contributed by atoms with Gasteiger partial charge in [0.25, 0.3) is 0 Å². The third kappa shape index (κ3) is 8.38. The fraction of sp³-hybridized carbons (Fsp3) is 0.355. The average molecular weight is 505 g/mol. The molecule has 0 atom stereocenters. The van der Waals surface area contributed by atoms with Crippen molar-refractivity contribution >= 4 is 11.9 Å². The number of para-hydroxylation sites is 1. The van der Waals surface area contributed by atoms with Crippen LogP contribution in [0.1, 0.15) is 63.0 Å². The number of ether oxygens (including phenoxy) is 4. The van der Waals surface area contributed by atoms with E-state index in [2.05, 4.69) is 47.6 Å². The molecule has 0 spiro atoms. The molecular weight excluding hydrogens is 468 g/mol. The second-order valence-corrected chi connectivity index (χ2v) is 10.8. The van der Waals surface area contributed by atoms with Gasteiger partial charge in [0.2, 0.25) is 0 Å². The van der Waals surface area contributed by atoms with Crippen LogP contribution in [0, 0.1) is 0 Å². The summed E-state index contributed by atoms with van der Waals surface area (Å²) in [5.41, 5.74) is 2.33. The minimum absolute atomic E-state index is 0.00144. The number of esters is 2. The van der Waals surface area contributed by atoms with Gasteiger partial charge in [0.15, 0.2) is 6.61 Å². The van der Waals surface area contributed by atoms with Gasteiger partial charge in [0.1, 0.15) is 30.5 Å². The Bertz CT molecular complexity index is 1200. The van der Waals surface area contributed by atoms with Crippen molar-refractivity contribution in [3.05, 3.63) is 89.5 Å². The zero-order valence-electron chi connectivity index (χ0n) is 22.5. The van der Waals surface area contributed by atoms with Crippen molar-refractivity contribution in [1.82, 2.24) is 0 Å². The van der Waals surface area contributed by atoms with Gasteiger partial charge in [0, 0.05) is 0 Å². The maximum Gasteiger partial charge on any atom is 0.349 e. The molecule has 0 amide bonds. The predicted octanol–water partition coefficient (Wildman–Crippen LogP) is 6.50. The molecule has 0 aromatic heterocycles. The largest absolute Gasteiger partial charge is 0.490 e. The lowest BCUT2D eigenvalue weighted by atomic mass is 9.80. The van der Waals surface area contributed by atoms with Crippen LogP contribution in [0.3, 0.4) is 0 Å². The molecule has 0 fully saturated rings. The van der Waals surface area contributed by atoms with E-state index in [1.54, 1.807) is 18.2 Å². The van der Waals surface area contributed by atoms with Crippen LogP contribution in [0.2, 0.25) is 0 Å². The summed E-state index contributed by atoms with van der Waals surface area (Å²) < 4.78 is 22.1. The van der Waals surface area contributed by atoms with Crippen molar-refractivity contribution in [2.24, 2.45) is 0 Å². The fourth-order valence-electron chi connectivity index (χ4n) is 3.59. The van der Waals surface area contributed by atoms with E-state index in [1.807, 2.05) is 42.5 Å². The van der Waals surface area contributed by atoms with Gasteiger partial charge in [-0.2, -0.15) is 0 Å². The minimum Gasteiger partial charge on any atom is -0.490 e. The molecular formula is C31H36O6. The van der Waals surface area contributed by atoms with Gasteiger partial charge in [-0.15, -0.1) is 0 Å². The van der Waals surface area contributed by atoms with E-state index in [9.17, 15) is 9.59 Å². The molecule has 0 aliphatic rings. The Morgan fingerprint density at radius 3 is 2.08 bits per heavy atom. The van der Waals surface area contributed by atoms with Crippen molar-refractivity contribution < 1.29 is 28.5 Å². The predicted molar refractivity (Wildman–Crippen MR) is 144 cm³/mol. The SMILES string of the molecule is CC(C)(C)c1ccc(OCC(=O)Oc2cccc(C(=O)OCCOc3ccccc3)c2)c(C(C)(C)C)c1. The van der Waals surface area contributed by atoms with Crippen molar-refractivity contribution in [2.75, 3.05) is 19.8 Å². The third-order valence-electron chi connectivity index (χ3n) is 5.63. The molecule has 0 aliphatic carbocycles. The molecule has 6 nitrogen and oxygen atoms in total. The van der Waals surface area contributed by atoms with Gasteiger partial charge in [0.05, 0.1) is 5.56 Å². The summed E-state index contributed by atoms with van der Waals surface area (Å²) in [6, 6.07) is 21.7. The molecule has 0 N–H and O–H groups in total. The van der Waals surface area contributed by atoms with Crippen molar-refractivity contribution in [2.45, 2.75) is 52.4 Å². The molecule has 37 heavy (non-hydrogen) atoms. The molecule has 6 heteroatoms. The number of carbonyl (C=O) groups is 2. The van der Waals surface area contributed by atoms with Gasteiger partial charge < -0.3 is 18.9 Å². The van der Waals surface area contributed by atoms with E-state index in [1.165, 1.54) is 11.6 Å². The molecule has 3 rings (SSSR count). The summed E-state index contributed by atoms with van der Waals surface area (Å²) in [6.45, 7) is 12.9. The van der Waals surface area contributed by atoms with E-state index in [-0.39, 0.29) is 42.0 Å². The number of rotatable bonds is 9. The zero-order valence-corrected chi connectivity index (χ0v) is 22.5. The Kier molecular flexibility index (Phi) is 8.98. The van der Waals surface area contributed by atoms with Crippen molar-refractivity contribution in [1.29, 1.82) is 0 Å².